The first-order valence-electron chi connectivity index (χ1n) is 12.2. The lowest BCUT2D eigenvalue weighted by Gasteiger charge is -2.20. The van der Waals surface area contributed by atoms with E-state index in [1.54, 1.807) is 32.1 Å². The maximum absolute atomic E-state index is 13.4. The van der Waals surface area contributed by atoms with E-state index >= 15 is 0 Å². The molecule has 0 radical (unpaired) electrons. The van der Waals surface area contributed by atoms with Gasteiger partial charge in [0.2, 0.25) is 5.95 Å². The van der Waals surface area contributed by atoms with Gasteiger partial charge in [-0.05, 0) is 36.6 Å². The van der Waals surface area contributed by atoms with E-state index in [1.807, 2.05) is 12.1 Å². The zero-order valence-corrected chi connectivity index (χ0v) is 22.0. The first-order chi connectivity index (χ1) is 17.9. The highest BCUT2D eigenvalue weighted by molar-refractivity contribution is 5.91. The number of alkyl halides is 3. The smallest absolute Gasteiger partial charge is 0.377 e. The molecule has 12 heteroatoms. The van der Waals surface area contributed by atoms with Gasteiger partial charge in [0.05, 0.1) is 47.1 Å². The number of nitro benzene ring substituents is 1. The van der Waals surface area contributed by atoms with Gasteiger partial charge < -0.3 is 15.0 Å². The fourth-order valence-electron chi connectivity index (χ4n) is 3.71. The summed E-state index contributed by atoms with van der Waals surface area (Å²) in [5.41, 5.74) is 0.670. The van der Waals surface area contributed by atoms with Crippen molar-refractivity contribution in [1.29, 1.82) is 0 Å². The van der Waals surface area contributed by atoms with Crippen LogP contribution in [0.4, 0.5) is 30.6 Å². The maximum atomic E-state index is 13.4. The third-order valence-corrected chi connectivity index (χ3v) is 5.59. The van der Waals surface area contributed by atoms with Crippen LogP contribution in [-0.4, -0.2) is 47.2 Å². The molecule has 3 aromatic rings. The van der Waals surface area contributed by atoms with Crippen LogP contribution in [0.15, 0.2) is 36.5 Å². The second-order valence-corrected chi connectivity index (χ2v) is 9.05. The summed E-state index contributed by atoms with van der Waals surface area (Å²) in [7, 11) is 3.53. The molecule has 0 spiro atoms. The molecule has 1 aliphatic heterocycles. The Balaban J connectivity index is 0.00000127. The number of rotatable bonds is 6. The number of aromatic nitrogens is 3. The predicted molar refractivity (Wildman–Crippen MR) is 141 cm³/mol. The average Bonchev–Trinajstić information content (AvgIpc) is 2.88. The topological polar surface area (TPSA) is 106 Å². The number of halogens is 3. The van der Waals surface area contributed by atoms with E-state index in [0.29, 0.717) is 48.4 Å². The summed E-state index contributed by atoms with van der Waals surface area (Å²) in [6.45, 7) is 6.94. The molecular formula is C26H31F3N6O3. The number of fused-ring (bicyclic) bond motifs is 1. The Morgan fingerprint density at radius 1 is 1.18 bits per heavy atom. The van der Waals surface area contributed by atoms with Crippen molar-refractivity contribution >= 4 is 33.9 Å². The summed E-state index contributed by atoms with van der Waals surface area (Å²) in [6.07, 6.45) is 0.797. The lowest BCUT2D eigenvalue weighted by molar-refractivity contribution is -0.385. The van der Waals surface area contributed by atoms with Gasteiger partial charge in [-0.2, -0.15) is 18.2 Å². The average molecular weight is 533 g/mol. The van der Waals surface area contributed by atoms with Crippen molar-refractivity contribution in [2.24, 2.45) is 0 Å². The van der Waals surface area contributed by atoms with Crippen molar-refractivity contribution in [3.8, 4) is 0 Å². The lowest BCUT2D eigenvalue weighted by atomic mass is 10.0. The van der Waals surface area contributed by atoms with Gasteiger partial charge in [-0.25, -0.2) is 4.98 Å². The number of nitrogens with zero attached hydrogens (tertiary/aromatic N) is 5. The van der Waals surface area contributed by atoms with Gasteiger partial charge in [-0.15, -0.1) is 0 Å². The van der Waals surface area contributed by atoms with Crippen LogP contribution in [0.2, 0.25) is 0 Å². The summed E-state index contributed by atoms with van der Waals surface area (Å²) in [5.74, 6) is 0.754. The van der Waals surface area contributed by atoms with Gasteiger partial charge in [-0.3, -0.25) is 15.1 Å². The van der Waals surface area contributed by atoms with E-state index in [2.05, 4.69) is 34.1 Å². The molecule has 1 aliphatic rings. The normalized spacial score (nSPS) is 14.3. The van der Waals surface area contributed by atoms with Crippen LogP contribution in [0.3, 0.4) is 0 Å². The van der Waals surface area contributed by atoms with E-state index in [-0.39, 0.29) is 5.56 Å². The molecule has 2 aromatic heterocycles. The molecule has 38 heavy (non-hydrogen) atoms. The SMILES string of the molecule is CCC.C[C@@H](Nc1nc(N(C)C)nc2cnc(C3=CCOCC3)cc12)c1cc([N+](=O)[O-])cc(C(F)(F)F)c1. The van der Waals surface area contributed by atoms with Crippen LogP contribution in [0.5, 0.6) is 0 Å². The molecule has 204 valence electrons. The highest BCUT2D eigenvalue weighted by Crippen LogP contribution is 2.35. The van der Waals surface area contributed by atoms with Crippen LogP contribution in [0.1, 0.15) is 56.5 Å². The number of anilines is 2. The van der Waals surface area contributed by atoms with Crippen molar-refractivity contribution in [1.82, 2.24) is 15.0 Å². The van der Waals surface area contributed by atoms with Crippen molar-refractivity contribution in [3.63, 3.8) is 0 Å². The van der Waals surface area contributed by atoms with E-state index in [0.717, 1.165) is 23.4 Å². The van der Waals surface area contributed by atoms with Crippen LogP contribution in [-0.2, 0) is 10.9 Å². The molecule has 0 unspecified atom stereocenters. The zero-order chi connectivity index (χ0) is 28.0. The van der Waals surface area contributed by atoms with Gasteiger partial charge in [0.1, 0.15) is 5.82 Å². The van der Waals surface area contributed by atoms with Crippen LogP contribution >= 0.6 is 0 Å². The molecule has 4 rings (SSSR count). The number of nitro groups is 1. The minimum absolute atomic E-state index is 0.103. The van der Waals surface area contributed by atoms with Crippen molar-refractivity contribution in [2.75, 3.05) is 37.5 Å². The van der Waals surface area contributed by atoms with Gasteiger partial charge in [-0.1, -0.05) is 26.3 Å². The van der Waals surface area contributed by atoms with Crippen molar-refractivity contribution < 1.29 is 22.8 Å². The van der Waals surface area contributed by atoms with Gasteiger partial charge in [0.25, 0.3) is 5.69 Å². The predicted octanol–water partition coefficient (Wildman–Crippen LogP) is 6.41. The lowest BCUT2D eigenvalue weighted by Crippen LogP contribution is -2.16. The van der Waals surface area contributed by atoms with Crippen LogP contribution in [0.25, 0.3) is 16.5 Å². The fraction of sp³-hybridized carbons (Fsp3) is 0.423. The number of non-ortho nitro benzene ring substituents is 1. The number of nitrogens with one attached hydrogen (secondary N) is 1. The molecule has 0 amide bonds. The van der Waals surface area contributed by atoms with Crippen LogP contribution in [0, 0.1) is 10.1 Å². The Labute approximate surface area is 218 Å². The summed E-state index contributed by atoms with van der Waals surface area (Å²) >= 11 is 0. The van der Waals surface area contributed by atoms with Crippen LogP contribution < -0.4 is 10.2 Å². The Morgan fingerprint density at radius 2 is 1.89 bits per heavy atom. The summed E-state index contributed by atoms with van der Waals surface area (Å²) < 4.78 is 45.5. The number of hydrogen-bond acceptors (Lipinski definition) is 8. The summed E-state index contributed by atoms with van der Waals surface area (Å²) in [5, 5.41) is 15.0. The second kappa shape index (κ2) is 12.2. The number of pyridine rings is 1. The van der Waals surface area contributed by atoms with E-state index in [4.69, 9.17) is 4.74 Å². The maximum Gasteiger partial charge on any atom is 0.416 e. The molecule has 1 aromatic carbocycles. The molecule has 1 N–H and O–H groups in total. The molecule has 0 bridgehead atoms. The molecular weight excluding hydrogens is 501 g/mol. The molecule has 0 aliphatic carbocycles. The van der Waals surface area contributed by atoms with Gasteiger partial charge in [0.15, 0.2) is 0 Å². The van der Waals surface area contributed by atoms with E-state index in [9.17, 15) is 23.3 Å². The third-order valence-electron chi connectivity index (χ3n) is 5.59. The Hall–Kier alpha value is -3.80. The first-order valence-corrected chi connectivity index (χ1v) is 12.2. The molecule has 0 saturated carbocycles. The second-order valence-electron chi connectivity index (χ2n) is 9.05. The van der Waals surface area contributed by atoms with E-state index in [1.165, 1.54) is 6.42 Å². The minimum atomic E-state index is -4.72. The summed E-state index contributed by atoms with van der Waals surface area (Å²) in [6, 6.07) is 3.65. The Kier molecular flexibility index (Phi) is 9.21. The zero-order valence-electron chi connectivity index (χ0n) is 22.0. The molecule has 9 nitrogen and oxygen atoms in total. The first kappa shape index (κ1) is 28.8. The highest BCUT2D eigenvalue weighted by atomic mass is 19.4. The fourth-order valence-corrected chi connectivity index (χ4v) is 3.71. The van der Waals surface area contributed by atoms with Gasteiger partial charge >= 0.3 is 6.18 Å². The molecule has 3 heterocycles. The largest absolute Gasteiger partial charge is 0.416 e. The monoisotopic (exact) mass is 532 g/mol. The summed E-state index contributed by atoms with van der Waals surface area (Å²) in [4.78, 5) is 25.7. The van der Waals surface area contributed by atoms with Gasteiger partial charge in [0, 0.05) is 31.6 Å². The minimum Gasteiger partial charge on any atom is -0.377 e. The Morgan fingerprint density at radius 3 is 2.47 bits per heavy atom. The number of benzene rings is 1. The third kappa shape index (κ3) is 6.94. The quantitative estimate of drug-likeness (QED) is 0.287. The highest BCUT2D eigenvalue weighted by Gasteiger charge is 2.33. The van der Waals surface area contributed by atoms with Crippen molar-refractivity contribution in [3.05, 3.63) is 63.5 Å². The number of hydrogen-bond donors (Lipinski definition) is 1. The Bertz CT molecular complexity index is 1330. The molecule has 0 fully saturated rings. The van der Waals surface area contributed by atoms with Crippen molar-refractivity contribution in [2.45, 2.75) is 45.8 Å². The van der Waals surface area contributed by atoms with E-state index < -0.39 is 28.4 Å². The molecule has 0 saturated heterocycles. The number of ether oxygens (including phenoxy) is 1. The standard InChI is InChI=1S/C23H23F3N6O3.C3H8/c1-13(15-8-16(23(24,25)26)10-17(9-15)32(33)34)28-21-18-11-19(14-4-6-35-7-5-14)27-12-20(18)29-22(30-21)31(2)3;1-3-2/h4,8-13H,5-7H2,1-3H3,(H,28,29,30);3H2,1-2H3/t13-;/m1./s1. The molecule has 1 atom stereocenters.